The number of benzene rings is 2. The molecule has 3 rings (SSSR count). The third-order valence-electron chi connectivity index (χ3n) is 4.13. The van der Waals surface area contributed by atoms with Gasteiger partial charge in [-0.05, 0) is 49.2 Å². The Morgan fingerprint density at radius 2 is 1.96 bits per heavy atom. The molecule has 0 saturated carbocycles. The van der Waals surface area contributed by atoms with Gasteiger partial charge in [-0.15, -0.1) is 0 Å². The molecular formula is C18H18Cl2N2O5S. The number of carbonyl (C=O) groups is 1. The van der Waals surface area contributed by atoms with E-state index in [1.54, 1.807) is 12.1 Å². The number of sulfonamides is 1. The highest BCUT2D eigenvalue weighted by atomic mass is 35.5. The van der Waals surface area contributed by atoms with E-state index < -0.39 is 16.1 Å². The molecule has 2 aromatic rings. The van der Waals surface area contributed by atoms with Gasteiger partial charge in [-0.1, -0.05) is 23.2 Å². The zero-order chi connectivity index (χ0) is 20.3. The number of carbonyl (C=O) groups excluding carboxylic acids is 1. The fourth-order valence-electron chi connectivity index (χ4n) is 2.72. The summed E-state index contributed by atoms with van der Waals surface area (Å²) in [5.41, 5.74) is 0.576. The van der Waals surface area contributed by atoms with Crippen molar-refractivity contribution < 1.29 is 22.7 Å². The van der Waals surface area contributed by atoms with E-state index in [0.717, 1.165) is 6.42 Å². The summed E-state index contributed by atoms with van der Waals surface area (Å²) in [6, 6.07) is 8.63. The largest absolute Gasteiger partial charge is 0.495 e. The van der Waals surface area contributed by atoms with Crippen molar-refractivity contribution in [2.24, 2.45) is 0 Å². The van der Waals surface area contributed by atoms with Crippen molar-refractivity contribution in [3.63, 3.8) is 0 Å². The summed E-state index contributed by atoms with van der Waals surface area (Å²) in [5.74, 6) is 0.0136. The molecular weight excluding hydrogens is 427 g/mol. The van der Waals surface area contributed by atoms with Crippen molar-refractivity contribution in [1.29, 1.82) is 0 Å². The Kier molecular flexibility index (Phi) is 6.34. The van der Waals surface area contributed by atoms with Crippen molar-refractivity contribution >= 4 is 50.5 Å². The molecule has 28 heavy (non-hydrogen) atoms. The molecule has 2 aromatic carbocycles. The predicted octanol–water partition coefficient (Wildman–Crippen LogP) is 3.92. The third-order valence-corrected chi connectivity index (χ3v) is 6.24. The van der Waals surface area contributed by atoms with Gasteiger partial charge in [0.05, 0.1) is 27.7 Å². The van der Waals surface area contributed by atoms with Gasteiger partial charge in [0.2, 0.25) is 0 Å². The molecule has 1 amide bonds. The zero-order valence-corrected chi connectivity index (χ0v) is 17.2. The molecule has 0 aliphatic carbocycles. The van der Waals surface area contributed by atoms with Crippen LogP contribution >= 0.6 is 23.2 Å². The molecule has 0 aromatic heterocycles. The minimum Gasteiger partial charge on any atom is -0.495 e. The van der Waals surface area contributed by atoms with Gasteiger partial charge in [0.15, 0.2) is 0 Å². The Morgan fingerprint density at radius 3 is 2.61 bits per heavy atom. The topological polar surface area (TPSA) is 93.7 Å². The molecule has 2 N–H and O–H groups in total. The summed E-state index contributed by atoms with van der Waals surface area (Å²) < 4.78 is 38.4. The van der Waals surface area contributed by atoms with E-state index in [1.807, 2.05) is 0 Å². The maximum Gasteiger partial charge on any atom is 0.262 e. The number of amides is 1. The predicted molar refractivity (Wildman–Crippen MR) is 108 cm³/mol. The van der Waals surface area contributed by atoms with Crippen LogP contribution in [0.2, 0.25) is 10.0 Å². The average molecular weight is 445 g/mol. The Labute approximate surface area is 173 Å². The number of hydrogen-bond acceptors (Lipinski definition) is 5. The molecule has 1 saturated heterocycles. The van der Waals surface area contributed by atoms with E-state index in [4.69, 9.17) is 32.7 Å². The lowest BCUT2D eigenvalue weighted by atomic mass is 10.2. The first-order chi connectivity index (χ1) is 13.3. The van der Waals surface area contributed by atoms with Gasteiger partial charge in [0.25, 0.3) is 15.9 Å². The van der Waals surface area contributed by atoms with Crippen molar-refractivity contribution in [3.8, 4) is 5.75 Å². The molecule has 1 aliphatic heterocycles. The third kappa shape index (κ3) is 4.70. The van der Waals surface area contributed by atoms with Crippen LogP contribution in [0.5, 0.6) is 5.75 Å². The van der Waals surface area contributed by atoms with Crippen LogP contribution in [0.25, 0.3) is 0 Å². The van der Waals surface area contributed by atoms with E-state index in [9.17, 15) is 13.2 Å². The first-order valence-corrected chi connectivity index (χ1v) is 10.6. The summed E-state index contributed by atoms with van der Waals surface area (Å²) in [4.78, 5) is 12.2. The van der Waals surface area contributed by atoms with Gasteiger partial charge in [0.1, 0.15) is 11.9 Å². The molecule has 10 heteroatoms. The maximum absolute atomic E-state index is 12.7. The van der Waals surface area contributed by atoms with Crippen molar-refractivity contribution in [2.75, 3.05) is 23.8 Å². The summed E-state index contributed by atoms with van der Waals surface area (Å²) in [5, 5.41) is 3.09. The standard InChI is InChI=1S/C18H18Cl2N2O5S/c1-26-16-7-4-11(21-18(23)17-3-2-8-27-17)9-15(16)22-28(24,25)12-5-6-13(19)14(20)10-12/h4-7,9-10,17,22H,2-3,8H2,1H3,(H,21,23)/t17-/m1/s1. The number of anilines is 2. The minimum atomic E-state index is -3.96. The smallest absolute Gasteiger partial charge is 0.262 e. The molecule has 1 atom stereocenters. The van der Waals surface area contributed by atoms with Crippen LogP contribution in [0.1, 0.15) is 12.8 Å². The minimum absolute atomic E-state index is 0.0576. The molecule has 0 spiro atoms. The first-order valence-electron chi connectivity index (χ1n) is 8.38. The average Bonchev–Trinajstić information content (AvgIpc) is 3.19. The normalized spacial score (nSPS) is 16.6. The maximum atomic E-state index is 12.7. The van der Waals surface area contributed by atoms with E-state index in [0.29, 0.717) is 24.5 Å². The van der Waals surface area contributed by atoms with Crippen LogP contribution < -0.4 is 14.8 Å². The molecule has 150 valence electrons. The van der Waals surface area contributed by atoms with Gasteiger partial charge in [-0.25, -0.2) is 8.42 Å². The molecule has 0 radical (unpaired) electrons. The van der Waals surface area contributed by atoms with Crippen molar-refractivity contribution in [1.82, 2.24) is 0 Å². The Bertz CT molecular complexity index is 991. The number of nitrogens with one attached hydrogen (secondary N) is 2. The van der Waals surface area contributed by atoms with Crippen LogP contribution in [0.4, 0.5) is 11.4 Å². The Balaban J connectivity index is 1.85. The second-order valence-electron chi connectivity index (χ2n) is 6.09. The molecule has 7 nitrogen and oxygen atoms in total. The highest BCUT2D eigenvalue weighted by Crippen LogP contribution is 2.32. The van der Waals surface area contributed by atoms with Gasteiger partial charge in [-0.3, -0.25) is 9.52 Å². The monoisotopic (exact) mass is 444 g/mol. The lowest BCUT2D eigenvalue weighted by Crippen LogP contribution is -2.26. The number of hydrogen-bond donors (Lipinski definition) is 2. The van der Waals surface area contributed by atoms with Gasteiger partial charge in [-0.2, -0.15) is 0 Å². The van der Waals surface area contributed by atoms with Crippen LogP contribution in [0, 0.1) is 0 Å². The van der Waals surface area contributed by atoms with E-state index >= 15 is 0 Å². The lowest BCUT2D eigenvalue weighted by Gasteiger charge is -2.15. The van der Waals surface area contributed by atoms with Crippen molar-refractivity contribution in [3.05, 3.63) is 46.4 Å². The number of rotatable bonds is 6. The summed E-state index contributed by atoms with van der Waals surface area (Å²) in [7, 11) is -2.54. The number of ether oxygens (including phenoxy) is 2. The highest BCUT2D eigenvalue weighted by Gasteiger charge is 2.24. The van der Waals surface area contributed by atoms with E-state index in [1.165, 1.54) is 31.4 Å². The fourth-order valence-corrected chi connectivity index (χ4v) is 4.17. The molecule has 1 heterocycles. The lowest BCUT2D eigenvalue weighted by molar-refractivity contribution is -0.124. The highest BCUT2D eigenvalue weighted by molar-refractivity contribution is 7.92. The van der Waals surface area contributed by atoms with Crippen LogP contribution in [0.15, 0.2) is 41.3 Å². The van der Waals surface area contributed by atoms with Gasteiger partial charge < -0.3 is 14.8 Å². The number of halogens is 2. The van der Waals surface area contributed by atoms with Gasteiger partial charge >= 0.3 is 0 Å². The van der Waals surface area contributed by atoms with E-state index in [2.05, 4.69) is 10.0 Å². The Morgan fingerprint density at radius 1 is 1.18 bits per heavy atom. The molecule has 1 fully saturated rings. The quantitative estimate of drug-likeness (QED) is 0.703. The number of methoxy groups -OCH3 is 1. The van der Waals surface area contributed by atoms with Crippen LogP contribution in [0.3, 0.4) is 0 Å². The van der Waals surface area contributed by atoms with E-state index in [-0.39, 0.29) is 26.5 Å². The summed E-state index contributed by atoms with van der Waals surface area (Å²) in [6.07, 6.45) is 0.979. The summed E-state index contributed by atoms with van der Waals surface area (Å²) >= 11 is 11.8. The first kappa shape index (κ1) is 20.7. The molecule has 0 bridgehead atoms. The summed E-state index contributed by atoms with van der Waals surface area (Å²) in [6.45, 7) is 0.551. The fraction of sp³-hybridized carbons (Fsp3) is 0.278. The SMILES string of the molecule is COc1ccc(NC(=O)[C@H]2CCCO2)cc1NS(=O)(=O)c1ccc(Cl)c(Cl)c1. The van der Waals surface area contributed by atoms with Gasteiger partial charge in [0, 0.05) is 12.3 Å². The zero-order valence-electron chi connectivity index (χ0n) is 14.9. The van der Waals surface area contributed by atoms with Crippen LogP contribution in [-0.2, 0) is 19.6 Å². The van der Waals surface area contributed by atoms with Crippen LogP contribution in [-0.4, -0.2) is 34.1 Å². The van der Waals surface area contributed by atoms with Crippen molar-refractivity contribution in [2.45, 2.75) is 23.8 Å². The second kappa shape index (κ2) is 8.57. The Hall–Kier alpha value is -2.00. The molecule has 0 unspecified atom stereocenters. The second-order valence-corrected chi connectivity index (χ2v) is 8.58. The molecule has 1 aliphatic rings.